The molecule has 0 bridgehead atoms. The van der Waals surface area contributed by atoms with Crippen LogP contribution in [0.1, 0.15) is 5.69 Å². The molecule has 2 N–H and O–H groups in total. The lowest BCUT2D eigenvalue weighted by molar-refractivity contribution is 1.01. The van der Waals surface area contributed by atoms with Crippen molar-refractivity contribution >= 4 is 34.5 Å². The molecule has 2 rings (SSSR count). The molecule has 0 fully saturated rings. The minimum absolute atomic E-state index is 0.456. The van der Waals surface area contributed by atoms with E-state index in [0.29, 0.717) is 16.6 Å². The van der Waals surface area contributed by atoms with Crippen LogP contribution >= 0.6 is 34.5 Å². The first-order valence-electron chi connectivity index (χ1n) is 4.30. The van der Waals surface area contributed by atoms with Crippen LogP contribution in [0.4, 0.5) is 0 Å². The number of nitrogens with zero attached hydrogens (tertiary/aromatic N) is 1. The number of thiazole rings is 1. The van der Waals surface area contributed by atoms with Gasteiger partial charge in [-0.3, -0.25) is 0 Å². The van der Waals surface area contributed by atoms with E-state index in [0.717, 1.165) is 16.3 Å². The summed E-state index contributed by atoms with van der Waals surface area (Å²) in [7, 11) is 0. The molecule has 0 aliphatic heterocycles. The van der Waals surface area contributed by atoms with E-state index in [2.05, 4.69) is 4.98 Å². The molecule has 0 aliphatic carbocycles. The van der Waals surface area contributed by atoms with Crippen molar-refractivity contribution in [1.29, 1.82) is 0 Å². The monoisotopic (exact) mass is 258 g/mol. The van der Waals surface area contributed by atoms with Crippen LogP contribution in [0.3, 0.4) is 0 Å². The van der Waals surface area contributed by atoms with Gasteiger partial charge in [0, 0.05) is 17.5 Å². The van der Waals surface area contributed by atoms with Crippen molar-refractivity contribution in [3.05, 3.63) is 39.3 Å². The van der Waals surface area contributed by atoms with E-state index < -0.39 is 0 Å². The Morgan fingerprint density at radius 1 is 1.27 bits per heavy atom. The lowest BCUT2D eigenvalue weighted by Gasteiger charge is -1.98. The summed E-state index contributed by atoms with van der Waals surface area (Å²) in [6.07, 6.45) is 0. The molecule has 5 heteroatoms. The predicted octanol–water partition coefficient (Wildman–Crippen LogP) is 3.58. The quantitative estimate of drug-likeness (QED) is 0.895. The Kier molecular flexibility index (Phi) is 3.26. The lowest BCUT2D eigenvalue weighted by atomic mass is 10.2. The van der Waals surface area contributed by atoms with Gasteiger partial charge in [0.1, 0.15) is 5.01 Å². The van der Waals surface area contributed by atoms with Crippen LogP contribution in [0.25, 0.3) is 10.6 Å². The summed E-state index contributed by atoms with van der Waals surface area (Å²) in [5.74, 6) is 0. The molecule has 0 aliphatic rings. The van der Waals surface area contributed by atoms with Gasteiger partial charge in [-0.15, -0.1) is 11.3 Å². The van der Waals surface area contributed by atoms with E-state index in [1.807, 2.05) is 17.5 Å². The van der Waals surface area contributed by atoms with E-state index in [-0.39, 0.29) is 0 Å². The molecule has 1 aromatic heterocycles. The van der Waals surface area contributed by atoms with E-state index >= 15 is 0 Å². The van der Waals surface area contributed by atoms with Crippen molar-refractivity contribution in [2.45, 2.75) is 6.54 Å². The Labute approximate surface area is 102 Å². The Morgan fingerprint density at radius 2 is 2.07 bits per heavy atom. The van der Waals surface area contributed by atoms with E-state index in [1.165, 1.54) is 0 Å². The van der Waals surface area contributed by atoms with Crippen LogP contribution in [-0.2, 0) is 6.54 Å². The van der Waals surface area contributed by atoms with Gasteiger partial charge in [-0.2, -0.15) is 0 Å². The lowest BCUT2D eigenvalue weighted by Crippen LogP contribution is -1.95. The van der Waals surface area contributed by atoms with Crippen LogP contribution < -0.4 is 5.73 Å². The van der Waals surface area contributed by atoms with Gasteiger partial charge in [0.25, 0.3) is 0 Å². The summed E-state index contributed by atoms with van der Waals surface area (Å²) < 4.78 is 0. The fourth-order valence-corrected chi connectivity index (χ4v) is 2.29. The number of benzene rings is 1. The molecule has 0 radical (unpaired) electrons. The average molecular weight is 259 g/mol. The minimum Gasteiger partial charge on any atom is -0.325 e. The van der Waals surface area contributed by atoms with Gasteiger partial charge in [0.05, 0.1) is 15.7 Å². The van der Waals surface area contributed by atoms with Crippen LogP contribution in [-0.4, -0.2) is 4.98 Å². The Balaban J connectivity index is 2.40. The Hall–Kier alpha value is -0.610. The first-order valence-corrected chi connectivity index (χ1v) is 5.94. The topological polar surface area (TPSA) is 38.9 Å². The van der Waals surface area contributed by atoms with Crippen LogP contribution in [0.15, 0.2) is 23.6 Å². The smallest absolute Gasteiger partial charge is 0.123 e. The van der Waals surface area contributed by atoms with Crippen molar-refractivity contribution in [3.63, 3.8) is 0 Å². The van der Waals surface area contributed by atoms with E-state index in [4.69, 9.17) is 28.9 Å². The van der Waals surface area contributed by atoms with E-state index in [9.17, 15) is 0 Å². The molecule has 0 spiro atoms. The highest BCUT2D eigenvalue weighted by atomic mass is 35.5. The molecule has 0 amide bonds. The molecule has 0 saturated heterocycles. The van der Waals surface area contributed by atoms with Gasteiger partial charge in [-0.25, -0.2) is 4.98 Å². The van der Waals surface area contributed by atoms with Gasteiger partial charge < -0.3 is 5.73 Å². The number of hydrogen-bond acceptors (Lipinski definition) is 3. The van der Waals surface area contributed by atoms with Crippen LogP contribution in [0, 0.1) is 0 Å². The first-order chi connectivity index (χ1) is 7.20. The molecular weight excluding hydrogens is 251 g/mol. The molecule has 15 heavy (non-hydrogen) atoms. The zero-order valence-electron chi connectivity index (χ0n) is 7.71. The number of aromatic nitrogens is 1. The second-order valence-electron chi connectivity index (χ2n) is 2.98. The molecule has 1 aromatic carbocycles. The van der Waals surface area contributed by atoms with Crippen LogP contribution in [0.2, 0.25) is 10.0 Å². The summed E-state index contributed by atoms with van der Waals surface area (Å²) in [5.41, 5.74) is 7.35. The third kappa shape index (κ3) is 2.32. The number of halogens is 2. The zero-order valence-corrected chi connectivity index (χ0v) is 10.0. The second kappa shape index (κ2) is 4.49. The maximum absolute atomic E-state index is 5.92. The maximum Gasteiger partial charge on any atom is 0.123 e. The second-order valence-corrected chi connectivity index (χ2v) is 4.65. The normalized spacial score (nSPS) is 10.6. The number of rotatable bonds is 2. The van der Waals surface area contributed by atoms with Gasteiger partial charge in [-0.1, -0.05) is 29.3 Å². The van der Waals surface area contributed by atoms with Crippen molar-refractivity contribution < 1.29 is 0 Å². The molecule has 0 atom stereocenters. The van der Waals surface area contributed by atoms with Crippen LogP contribution in [0.5, 0.6) is 0 Å². The standard InChI is InChI=1S/C10H8Cl2N2S/c11-8-2-1-6(3-9(8)12)10-14-7(4-13)5-15-10/h1-3,5H,4,13H2. The Bertz CT molecular complexity index is 482. The summed E-state index contributed by atoms with van der Waals surface area (Å²) in [4.78, 5) is 4.36. The molecule has 2 nitrogen and oxygen atoms in total. The van der Waals surface area contributed by atoms with Crippen molar-refractivity contribution in [1.82, 2.24) is 4.98 Å². The molecule has 0 unspecified atom stereocenters. The third-order valence-electron chi connectivity index (χ3n) is 1.93. The highest BCUT2D eigenvalue weighted by Gasteiger charge is 2.05. The third-order valence-corrected chi connectivity index (χ3v) is 3.61. The highest BCUT2D eigenvalue weighted by molar-refractivity contribution is 7.13. The minimum atomic E-state index is 0.456. The Morgan fingerprint density at radius 3 is 2.67 bits per heavy atom. The van der Waals surface area contributed by atoms with Gasteiger partial charge in [0.2, 0.25) is 0 Å². The molecule has 2 aromatic rings. The highest BCUT2D eigenvalue weighted by Crippen LogP contribution is 2.30. The summed E-state index contributed by atoms with van der Waals surface area (Å²) in [5, 5.41) is 3.95. The van der Waals surface area contributed by atoms with Crippen molar-refractivity contribution in [2.75, 3.05) is 0 Å². The predicted molar refractivity (Wildman–Crippen MR) is 65.5 cm³/mol. The molecule has 0 saturated carbocycles. The van der Waals surface area contributed by atoms with Crippen molar-refractivity contribution in [2.24, 2.45) is 5.73 Å². The van der Waals surface area contributed by atoms with E-state index in [1.54, 1.807) is 17.4 Å². The average Bonchev–Trinajstić information content (AvgIpc) is 2.70. The molecule has 1 heterocycles. The number of hydrogen-bond donors (Lipinski definition) is 1. The summed E-state index contributed by atoms with van der Waals surface area (Å²) in [6.45, 7) is 0.456. The fourth-order valence-electron chi connectivity index (χ4n) is 1.16. The number of nitrogens with two attached hydrogens (primary N) is 1. The van der Waals surface area contributed by atoms with Gasteiger partial charge >= 0.3 is 0 Å². The largest absolute Gasteiger partial charge is 0.325 e. The first kappa shape index (κ1) is 10.9. The summed E-state index contributed by atoms with van der Waals surface area (Å²) in [6, 6.07) is 5.47. The fraction of sp³-hybridized carbons (Fsp3) is 0.100. The zero-order chi connectivity index (χ0) is 10.8. The van der Waals surface area contributed by atoms with Gasteiger partial charge in [-0.05, 0) is 12.1 Å². The molecular formula is C10H8Cl2N2S. The summed E-state index contributed by atoms with van der Waals surface area (Å²) >= 11 is 13.3. The SMILES string of the molecule is NCc1csc(-c2ccc(Cl)c(Cl)c2)n1. The maximum atomic E-state index is 5.92. The molecule has 78 valence electrons. The van der Waals surface area contributed by atoms with Crippen molar-refractivity contribution in [3.8, 4) is 10.6 Å². The van der Waals surface area contributed by atoms with Gasteiger partial charge in [0.15, 0.2) is 0 Å².